The lowest BCUT2D eigenvalue weighted by Crippen LogP contribution is -2.05. The Morgan fingerprint density at radius 2 is 1.76 bits per heavy atom. The summed E-state index contributed by atoms with van der Waals surface area (Å²) >= 11 is 0. The number of rotatable bonds is 6. The van der Waals surface area contributed by atoms with Gasteiger partial charge in [-0.1, -0.05) is 44.2 Å². The SMILES string of the molecule is CCC(C)c1ccc(OCc2cccc(CN)c2F)cc1. The fraction of sp³-hybridized carbons (Fsp3) is 0.333. The van der Waals surface area contributed by atoms with Crippen LogP contribution in [0.1, 0.15) is 42.9 Å². The zero-order valence-electron chi connectivity index (χ0n) is 12.6. The molecule has 0 bridgehead atoms. The van der Waals surface area contributed by atoms with Crippen molar-refractivity contribution in [2.45, 2.75) is 39.3 Å². The third-order valence-corrected chi connectivity index (χ3v) is 3.83. The number of nitrogens with two attached hydrogens (primary N) is 1. The van der Waals surface area contributed by atoms with Crippen molar-refractivity contribution in [3.05, 3.63) is 65.0 Å². The molecule has 0 heterocycles. The minimum absolute atomic E-state index is 0.198. The molecule has 0 aliphatic rings. The molecule has 2 N–H and O–H groups in total. The number of halogens is 1. The molecule has 0 aliphatic heterocycles. The fourth-order valence-electron chi connectivity index (χ4n) is 2.19. The highest BCUT2D eigenvalue weighted by Gasteiger charge is 2.08. The molecule has 2 aromatic carbocycles. The monoisotopic (exact) mass is 287 g/mol. The zero-order chi connectivity index (χ0) is 15.2. The molecule has 0 saturated heterocycles. The van der Waals surface area contributed by atoms with Gasteiger partial charge in [0, 0.05) is 17.7 Å². The Kier molecular flexibility index (Phi) is 5.34. The van der Waals surface area contributed by atoms with E-state index in [4.69, 9.17) is 10.5 Å². The second kappa shape index (κ2) is 7.23. The van der Waals surface area contributed by atoms with Crippen LogP contribution in [0.4, 0.5) is 4.39 Å². The van der Waals surface area contributed by atoms with Gasteiger partial charge in [0.05, 0.1) is 0 Å². The molecule has 0 spiro atoms. The highest BCUT2D eigenvalue weighted by molar-refractivity contribution is 5.30. The van der Waals surface area contributed by atoms with E-state index in [1.807, 2.05) is 12.1 Å². The Hall–Kier alpha value is -1.87. The predicted octanol–water partition coefficient (Wildman–Crippen LogP) is 4.38. The summed E-state index contributed by atoms with van der Waals surface area (Å²) < 4.78 is 19.7. The van der Waals surface area contributed by atoms with E-state index in [0.717, 1.165) is 12.2 Å². The van der Waals surface area contributed by atoms with Crippen LogP contribution in [0.5, 0.6) is 5.75 Å². The summed E-state index contributed by atoms with van der Waals surface area (Å²) in [6, 6.07) is 13.2. The van der Waals surface area contributed by atoms with Gasteiger partial charge in [-0.3, -0.25) is 0 Å². The van der Waals surface area contributed by atoms with Crippen molar-refractivity contribution in [3.8, 4) is 5.75 Å². The Morgan fingerprint density at radius 1 is 1.10 bits per heavy atom. The molecule has 112 valence electrons. The molecule has 0 saturated carbocycles. The number of hydrogen-bond donors (Lipinski definition) is 1. The van der Waals surface area contributed by atoms with Gasteiger partial charge < -0.3 is 10.5 Å². The van der Waals surface area contributed by atoms with Crippen molar-refractivity contribution in [1.29, 1.82) is 0 Å². The van der Waals surface area contributed by atoms with Gasteiger partial charge in [0.15, 0.2) is 0 Å². The standard InChI is InChI=1S/C18H22FNO/c1-3-13(2)14-7-9-17(10-8-14)21-12-16-6-4-5-15(11-20)18(16)19/h4-10,13H,3,11-12,20H2,1-2H3. The van der Waals surface area contributed by atoms with Crippen LogP contribution in [-0.4, -0.2) is 0 Å². The molecule has 0 aromatic heterocycles. The first-order valence-corrected chi connectivity index (χ1v) is 7.34. The molecule has 0 fully saturated rings. The lowest BCUT2D eigenvalue weighted by Gasteiger charge is -2.12. The van der Waals surface area contributed by atoms with Crippen LogP contribution in [0.3, 0.4) is 0 Å². The summed E-state index contributed by atoms with van der Waals surface area (Å²) in [7, 11) is 0. The molecule has 3 heteroatoms. The highest BCUT2D eigenvalue weighted by Crippen LogP contribution is 2.22. The van der Waals surface area contributed by atoms with Gasteiger partial charge in [0.1, 0.15) is 18.2 Å². The fourth-order valence-corrected chi connectivity index (χ4v) is 2.19. The predicted molar refractivity (Wildman–Crippen MR) is 83.8 cm³/mol. The van der Waals surface area contributed by atoms with Crippen molar-refractivity contribution in [2.24, 2.45) is 5.73 Å². The van der Waals surface area contributed by atoms with E-state index in [0.29, 0.717) is 17.0 Å². The van der Waals surface area contributed by atoms with Crippen LogP contribution in [-0.2, 0) is 13.2 Å². The molecule has 0 aliphatic carbocycles. The average Bonchev–Trinajstić information content (AvgIpc) is 2.53. The van der Waals surface area contributed by atoms with E-state index in [9.17, 15) is 4.39 Å². The van der Waals surface area contributed by atoms with Gasteiger partial charge in [-0.05, 0) is 30.0 Å². The summed E-state index contributed by atoms with van der Waals surface area (Å²) in [6.45, 7) is 4.78. The Bertz CT molecular complexity index is 580. The summed E-state index contributed by atoms with van der Waals surface area (Å²) in [5, 5.41) is 0. The number of hydrogen-bond acceptors (Lipinski definition) is 2. The van der Waals surface area contributed by atoms with Crippen LogP contribution in [0.15, 0.2) is 42.5 Å². The first-order valence-electron chi connectivity index (χ1n) is 7.34. The van der Waals surface area contributed by atoms with Crippen LogP contribution in [0, 0.1) is 5.82 Å². The van der Waals surface area contributed by atoms with E-state index in [-0.39, 0.29) is 19.0 Å². The van der Waals surface area contributed by atoms with Crippen molar-refractivity contribution >= 4 is 0 Å². The van der Waals surface area contributed by atoms with E-state index in [1.54, 1.807) is 18.2 Å². The maximum atomic E-state index is 14.0. The smallest absolute Gasteiger partial charge is 0.134 e. The van der Waals surface area contributed by atoms with Gasteiger partial charge in [-0.2, -0.15) is 0 Å². The van der Waals surface area contributed by atoms with E-state index in [2.05, 4.69) is 26.0 Å². The second-order valence-electron chi connectivity index (χ2n) is 5.26. The van der Waals surface area contributed by atoms with Crippen LogP contribution < -0.4 is 10.5 Å². The highest BCUT2D eigenvalue weighted by atomic mass is 19.1. The quantitative estimate of drug-likeness (QED) is 0.856. The maximum Gasteiger partial charge on any atom is 0.134 e. The third-order valence-electron chi connectivity index (χ3n) is 3.83. The van der Waals surface area contributed by atoms with Crippen molar-refractivity contribution in [3.63, 3.8) is 0 Å². The normalized spacial score (nSPS) is 12.2. The van der Waals surface area contributed by atoms with Crippen molar-refractivity contribution < 1.29 is 9.13 Å². The third kappa shape index (κ3) is 3.82. The van der Waals surface area contributed by atoms with Gasteiger partial charge in [0.2, 0.25) is 0 Å². The molecule has 2 rings (SSSR count). The molecular weight excluding hydrogens is 265 g/mol. The molecular formula is C18H22FNO. The molecule has 0 amide bonds. The van der Waals surface area contributed by atoms with Crippen molar-refractivity contribution in [1.82, 2.24) is 0 Å². The summed E-state index contributed by atoms with van der Waals surface area (Å²) in [4.78, 5) is 0. The van der Waals surface area contributed by atoms with Crippen LogP contribution in [0.2, 0.25) is 0 Å². The van der Waals surface area contributed by atoms with Gasteiger partial charge >= 0.3 is 0 Å². The average molecular weight is 287 g/mol. The minimum Gasteiger partial charge on any atom is -0.489 e. The lowest BCUT2D eigenvalue weighted by molar-refractivity contribution is 0.299. The largest absolute Gasteiger partial charge is 0.489 e. The second-order valence-corrected chi connectivity index (χ2v) is 5.26. The van der Waals surface area contributed by atoms with Crippen LogP contribution in [0.25, 0.3) is 0 Å². The molecule has 21 heavy (non-hydrogen) atoms. The molecule has 1 unspecified atom stereocenters. The van der Waals surface area contributed by atoms with E-state index in [1.165, 1.54) is 5.56 Å². The molecule has 0 radical (unpaired) electrons. The first kappa shape index (κ1) is 15.5. The van der Waals surface area contributed by atoms with E-state index >= 15 is 0 Å². The van der Waals surface area contributed by atoms with Crippen molar-refractivity contribution in [2.75, 3.05) is 0 Å². The van der Waals surface area contributed by atoms with Gasteiger partial charge in [-0.15, -0.1) is 0 Å². The van der Waals surface area contributed by atoms with Gasteiger partial charge in [0.25, 0.3) is 0 Å². The maximum absolute atomic E-state index is 14.0. The number of ether oxygens (including phenoxy) is 1. The minimum atomic E-state index is -0.267. The molecule has 1 atom stereocenters. The van der Waals surface area contributed by atoms with Crippen LogP contribution >= 0.6 is 0 Å². The molecule has 2 nitrogen and oxygen atoms in total. The van der Waals surface area contributed by atoms with E-state index < -0.39 is 0 Å². The Balaban J connectivity index is 2.03. The summed E-state index contributed by atoms with van der Waals surface area (Å²) in [5.41, 5.74) is 7.85. The Labute approximate surface area is 125 Å². The molecule has 2 aromatic rings. The Morgan fingerprint density at radius 3 is 2.38 bits per heavy atom. The zero-order valence-corrected chi connectivity index (χ0v) is 12.6. The lowest BCUT2D eigenvalue weighted by atomic mass is 9.99. The number of benzene rings is 2. The van der Waals surface area contributed by atoms with Gasteiger partial charge in [-0.25, -0.2) is 4.39 Å². The first-order chi connectivity index (χ1) is 10.2. The summed E-state index contributed by atoms with van der Waals surface area (Å²) in [6.07, 6.45) is 1.11. The topological polar surface area (TPSA) is 35.2 Å². The summed E-state index contributed by atoms with van der Waals surface area (Å²) in [5.74, 6) is 1.02.